The number of aryl methyl sites for hydroxylation is 1. The van der Waals surface area contributed by atoms with E-state index in [1.165, 1.54) is 20.9 Å². The minimum atomic E-state index is 0.920. The molecule has 0 bridgehead atoms. The molecule has 0 N–H and O–H groups in total. The molecule has 0 unspecified atom stereocenters. The highest BCUT2D eigenvalue weighted by molar-refractivity contribution is 9.08. The third kappa shape index (κ3) is 4.08. The van der Waals surface area contributed by atoms with Gasteiger partial charge in [-0.2, -0.15) is 0 Å². The molecule has 0 nitrogen and oxygen atoms in total. The van der Waals surface area contributed by atoms with Gasteiger partial charge < -0.3 is 0 Å². The molecule has 18 heavy (non-hydrogen) atoms. The molecule has 0 heterocycles. The Balaban J connectivity index is 1.93. The van der Waals surface area contributed by atoms with Gasteiger partial charge >= 0.3 is 0 Å². The predicted molar refractivity (Wildman–Crippen MR) is 86.6 cm³/mol. The lowest BCUT2D eigenvalue weighted by atomic mass is 10.2. The standard InChI is InChI=1S/C15H15BrS2/c1-2-12-3-7-14(8-4-12)17-18-15-9-5-13(11-16)6-10-15/h3-10H,2,11H2,1H3. The minimum Gasteiger partial charge on any atom is -0.0876 e. The maximum atomic E-state index is 3.46. The van der Waals surface area contributed by atoms with Gasteiger partial charge in [0.15, 0.2) is 0 Å². The van der Waals surface area contributed by atoms with Crippen molar-refractivity contribution < 1.29 is 0 Å². The van der Waals surface area contributed by atoms with Gasteiger partial charge in [0.2, 0.25) is 0 Å². The number of alkyl halides is 1. The summed E-state index contributed by atoms with van der Waals surface area (Å²) < 4.78 is 0. The molecular weight excluding hydrogens is 324 g/mol. The lowest BCUT2D eigenvalue weighted by molar-refractivity contribution is 1.13. The van der Waals surface area contributed by atoms with Crippen molar-refractivity contribution in [3.05, 3.63) is 59.7 Å². The van der Waals surface area contributed by atoms with Crippen LogP contribution in [0.15, 0.2) is 58.3 Å². The Morgan fingerprint density at radius 3 is 1.61 bits per heavy atom. The third-order valence-corrected chi connectivity index (χ3v) is 5.71. The number of halogens is 1. The lowest BCUT2D eigenvalue weighted by Crippen LogP contribution is -1.78. The van der Waals surface area contributed by atoms with Gasteiger partial charge in [-0.3, -0.25) is 0 Å². The molecule has 0 aliphatic heterocycles. The monoisotopic (exact) mass is 338 g/mol. The molecule has 0 amide bonds. The molecule has 3 heteroatoms. The van der Waals surface area contributed by atoms with Crippen molar-refractivity contribution in [2.45, 2.75) is 28.5 Å². The van der Waals surface area contributed by atoms with Crippen LogP contribution < -0.4 is 0 Å². The Bertz CT molecular complexity index is 429. The summed E-state index contributed by atoms with van der Waals surface area (Å²) in [6.45, 7) is 2.18. The van der Waals surface area contributed by atoms with Gasteiger partial charge in [-0.1, -0.05) is 68.7 Å². The van der Waals surface area contributed by atoms with Gasteiger partial charge in [-0.25, -0.2) is 0 Å². The van der Waals surface area contributed by atoms with E-state index in [2.05, 4.69) is 71.4 Å². The zero-order valence-electron chi connectivity index (χ0n) is 10.2. The molecule has 0 radical (unpaired) electrons. The zero-order chi connectivity index (χ0) is 12.8. The van der Waals surface area contributed by atoms with E-state index in [0.29, 0.717) is 0 Å². The molecule has 0 atom stereocenters. The van der Waals surface area contributed by atoms with E-state index < -0.39 is 0 Å². The van der Waals surface area contributed by atoms with Crippen molar-refractivity contribution in [3.8, 4) is 0 Å². The molecule has 2 rings (SSSR count). The van der Waals surface area contributed by atoms with Gasteiger partial charge in [0.1, 0.15) is 0 Å². The Morgan fingerprint density at radius 2 is 1.22 bits per heavy atom. The fraction of sp³-hybridized carbons (Fsp3) is 0.200. The van der Waals surface area contributed by atoms with Crippen LogP contribution in [-0.2, 0) is 11.8 Å². The van der Waals surface area contributed by atoms with Crippen LogP contribution in [0.4, 0.5) is 0 Å². The SMILES string of the molecule is CCc1ccc(SSc2ccc(CBr)cc2)cc1. The Kier molecular flexibility index (Phi) is 5.67. The highest BCUT2D eigenvalue weighted by Crippen LogP contribution is 2.37. The summed E-state index contributed by atoms with van der Waals surface area (Å²) in [6, 6.07) is 17.5. The molecule has 0 fully saturated rings. The van der Waals surface area contributed by atoms with E-state index in [4.69, 9.17) is 0 Å². The maximum Gasteiger partial charge on any atom is 0.0283 e. The van der Waals surface area contributed by atoms with Crippen LogP contribution in [0.25, 0.3) is 0 Å². The van der Waals surface area contributed by atoms with Crippen LogP contribution in [0, 0.1) is 0 Å². The van der Waals surface area contributed by atoms with Gasteiger partial charge in [0.05, 0.1) is 0 Å². The van der Waals surface area contributed by atoms with Crippen molar-refractivity contribution in [2.24, 2.45) is 0 Å². The van der Waals surface area contributed by atoms with Crippen LogP contribution in [0.3, 0.4) is 0 Å². The average Bonchev–Trinajstić information content (AvgIpc) is 2.46. The fourth-order valence-corrected chi connectivity index (χ4v) is 3.82. The van der Waals surface area contributed by atoms with Crippen LogP contribution in [-0.4, -0.2) is 0 Å². The topological polar surface area (TPSA) is 0 Å². The maximum absolute atomic E-state index is 3.46. The number of hydrogen-bond donors (Lipinski definition) is 0. The minimum absolute atomic E-state index is 0.920. The van der Waals surface area contributed by atoms with Gasteiger partial charge in [0.25, 0.3) is 0 Å². The Labute approximate surface area is 125 Å². The lowest BCUT2D eigenvalue weighted by Gasteiger charge is -2.03. The van der Waals surface area contributed by atoms with E-state index in [9.17, 15) is 0 Å². The van der Waals surface area contributed by atoms with Gasteiger partial charge in [-0.15, -0.1) is 0 Å². The fourth-order valence-electron chi connectivity index (χ4n) is 1.51. The van der Waals surface area contributed by atoms with Crippen molar-refractivity contribution in [1.29, 1.82) is 0 Å². The molecule has 94 valence electrons. The second-order valence-corrected chi connectivity index (χ2v) is 6.78. The van der Waals surface area contributed by atoms with Crippen molar-refractivity contribution in [2.75, 3.05) is 0 Å². The summed E-state index contributed by atoms with van der Waals surface area (Å²) in [4.78, 5) is 2.60. The summed E-state index contributed by atoms with van der Waals surface area (Å²) in [5.41, 5.74) is 2.71. The van der Waals surface area contributed by atoms with Gasteiger partial charge in [0, 0.05) is 15.1 Å². The first kappa shape index (κ1) is 14.0. The van der Waals surface area contributed by atoms with Crippen LogP contribution in [0.5, 0.6) is 0 Å². The third-order valence-electron chi connectivity index (χ3n) is 2.64. The van der Waals surface area contributed by atoms with E-state index in [1.54, 1.807) is 0 Å². The first-order valence-corrected chi connectivity index (χ1v) is 9.17. The summed E-state index contributed by atoms with van der Waals surface area (Å²) in [5, 5.41) is 0.920. The van der Waals surface area contributed by atoms with Gasteiger partial charge in [-0.05, 0) is 41.8 Å². The average molecular weight is 339 g/mol. The molecule has 2 aromatic carbocycles. The van der Waals surface area contributed by atoms with Crippen LogP contribution in [0.1, 0.15) is 18.1 Å². The van der Waals surface area contributed by atoms with Crippen LogP contribution in [0.2, 0.25) is 0 Å². The van der Waals surface area contributed by atoms with E-state index >= 15 is 0 Å². The predicted octanol–water partition coefficient (Wildman–Crippen LogP) is 5.94. The second-order valence-electron chi connectivity index (χ2n) is 3.94. The smallest absolute Gasteiger partial charge is 0.0283 e. The number of benzene rings is 2. The van der Waals surface area contributed by atoms with E-state index in [0.717, 1.165) is 11.8 Å². The Hall–Kier alpha value is -0.380. The van der Waals surface area contributed by atoms with Crippen molar-refractivity contribution >= 4 is 37.5 Å². The number of rotatable bonds is 5. The first-order valence-electron chi connectivity index (χ1n) is 5.90. The second kappa shape index (κ2) is 7.27. The largest absolute Gasteiger partial charge is 0.0876 e. The van der Waals surface area contributed by atoms with Crippen molar-refractivity contribution in [3.63, 3.8) is 0 Å². The highest BCUT2D eigenvalue weighted by Gasteiger charge is 1.98. The summed E-state index contributed by atoms with van der Waals surface area (Å²) in [7, 11) is 3.62. The first-order chi connectivity index (χ1) is 8.81. The molecule has 0 saturated heterocycles. The molecule has 0 aliphatic rings. The normalized spacial score (nSPS) is 10.6. The number of hydrogen-bond acceptors (Lipinski definition) is 2. The van der Waals surface area contributed by atoms with Crippen molar-refractivity contribution in [1.82, 2.24) is 0 Å². The summed E-state index contributed by atoms with van der Waals surface area (Å²) in [6.07, 6.45) is 1.10. The molecule has 0 aliphatic carbocycles. The molecule has 0 aromatic heterocycles. The molecule has 0 spiro atoms. The molecule has 2 aromatic rings. The Morgan fingerprint density at radius 1 is 0.778 bits per heavy atom. The highest BCUT2D eigenvalue weighted by atomic mass is 79.9. The summed E-state index contributed by atoms with van der Waals surface area (Å²) in [5.74, 6) is 0. The molecule has 0 saturated carbocycles. The summed E-state index contributed by atoms with van der Waals surface area (Å²) >= 11 is 3.46. The van der Waals surface area contributed by atoms with E-state index in [-0.39, 0.29) is 0 Å². The molecular formula is C15H15BrS2. The van der Waals surface area contributed by atoms with Crippen LogP contribution >= 0.6 is 37.5 Å². The quantitative estimate of drug-likeness (QED) is 0.488. The van der Waals surface area contributed by atoms with E-state index in [1.807, 2.05) is 21.6 Å². The zero-order valence-corrected chi connectivity index (χ0v) is 13.4.